The van der Waals surface area contributed by atoms with Crippen LogP contribution in [0.25, 0.3) is 0 Å². The minimum Gasteiger partial charge on any atom is -0.386 e. The minimum atomic E-state index is -2.37. The molecule has 0 unspecified atom stereocenters. The van der Waals surface area contributed by atoms with Crippen molar-refractivity contribution in [3.8, 4) is 0 Å². The molecule has 0 aliphatic carbocycles. The highest BCUT2D eigenvalue weighted by molar-refractivity contribution is 6.65. The van der Waals surface area contributed by atoms with Crippen molar-refractivity contribution in [1.29, 1.82) is 0 Å². The van der Waals surface area contributed by atoms with Crippen LogP contribution in [0.3, 0.4) is 0 Å². The van der Waals surface area contributed by atoms with E-state index in [4.69, 9.17) is 22.1 Å². The first-order valence-electron chi connectivity index (χ1n) is 9.13. The molecule has 1 heterocycles. The van der Waals surface area contributed by atoms with E-state index in [9.17, 15) is 0 Å². The van der Waals surface area contributed by atoms with Crippen molar-refractivity contribution >= 4 is 17.5 Å². The van der Waals surface area contributed by atoms with Crippen LogP contribution in [0.5, 0.6) is 0 Å². The summed E-state index contributed by atoms with van der Waals surface area (Å²) < 4.78 is 30.3. The Kier molecular flexibility index (Phi) is 10.9. The molecule has 0 bridgehead atoms. The summed E-state index contributed by atoms with van der Waals surface area (Å²) in [6.45, 7) is 2.24. The summed E-state index contributed by atoms with van der Waals surface area (Å²) in [5.41, 5.74) is 0. The van der Waals surface area contributed by atoms with Crippen LogP contribution in [0.1, 0.15) is 44.9 Å². The number of unbranched alkanes of at least 4 members (excludes halogenated alkanes) is 5. The number of rotatable bonds is 14. The second-order valence-corrected chi connectivity index (χ2v) is 12.8. The highest BCUT2D eigenvalue weighted by atomic mass is 28.4. The fourth-order valence-electron chi connectivity index (χ4n) is 3.56. The Hall–Kier alpha value is 0.194. The van der Waals surface area contributed by atoms with Crippen LogP contribution in [-0.2, 0) is 22.1 Å². The lowest BCUT2D eigenvalue weighted by Crippen LogP contribution is -2.53. The highest BCUT2D eigenvalue weighted by Gasteiger charge is 2.46. The number of nitrogens with zero attached hydrogens (tertiary/aromatic N) is 1. The Bertz CT molecular complexity index is 319. The first kappa shape index (κ1) is 22.2. The SMILES string of the molecule is CO[Si](CCCCCCCCN1CCC[Si]1(OC)OC)(OC)OC. The van der Waals surface area contributed by atoms with Gasteiger partial charge in [-0.3, -0.25) is 4.57 Å². The van der Waals surface area contributed by atoms with E-state index in [0.717, 1.165) is 31.6 Å². The summed E-state index contributed by atoms with van der Waals surface area (Å²) in [6.07, 6.45) is 8.57. The van der Waals surface area contributed by atoms with Crippen molar-refractivity contribution in [2.75, 3.05) is 48.6 Å². The number of hydrogen-bond donors (Lipinski definition) is 0. The van der Waals surface area contributed by atoms with Gasteiger partial charge in [-0.05, 0) is 32.4 Å². The molecule has 0 amide bonds. The summed E-state index contributed by atoms with van der Waals surface area (Å²) in [5.74, 6) is 0. The third-order valence-corrected chi connectivity index (χ3v) is 11.6. The molecular weight excluding hydrogens is 342 g/mol. The van der Waals surface area contributed by atoms with Gasteiger partial charge in [0, 0.05) is 47.6 Å². The van der Waals surface area contributed by atoms with Gasteiger partial charge < -0.3 is 22.1 Å². The molecule has 1 fully saturated rings. The molecule has 0 spiro atoms. The van der Waals surface area contributed by atoms with E-state index in [2.05, 4.69) is 4.57 Å². The lowest BCUT2D eigenvalue weighted by Gasteiger charge is -2.31. The van der Waals surface area contributed by atoms with Crippen LogP contribution >= 0.6 is 0 Å². The molecule has 0 aromatic rings. The maximum Gasteiger partial charge on any atom is 0.500 e. The summed E-state index contributed by atoms with van der Waals surface area (Å²) >= 11 is 0. The zero-order chi connectivity index (χ0) is 17.9. The van der Waals surface area contributed by atoms with Gasteiger partial charge in [0.05, 0.1) is 0 Å². The van der Waals surface area contributed by atoms with E-state index < -0.39 is 17.5 Å². The topological polar surface area (TPSA) is 49.4 Å². The molecule has 0 aromatic carbocycles. The fourth-order valence-corrected chi connectivity index (χ4v) is 8.36. The van der Waals surface area contributed by atoms with Crippen LogP contribution < -0.4 is 0 Å². The third-order valence-electron chi connectivity index (χ3n) is 5.13. The van der Waals surface area contributed by atoms with E-state index >= 15 is 0 Å². The fraction of sp³-hybridized carbons (Fsp3) is 1.00. The predicted molar refractivity (Wildman–Crippen MR) is 100 cm³/mol. The van der Waals surface area contributed by atoms with Crippen molar-refractivity contribution in [2.45, 2.75) is 57.0 Å². The molecule has 24 heavy (non-hydrogen) atoms. The molecule has 1 saturated heterocycles. The molecule has 0 atom stereocenters. The van der Waals surface area contributed by atoms with Gasteiger partial charge in [-0.25, -0.2) is 0 Å². The average molecular weight is 380 g/mol. The first-order chi connectivity index (χ1) is 11.6. The van der Waals surface area contributed by atoms with E-state index in [1.807, 2.05) is 0 Å². The standard InChI is InChI=1S/C16H37NO5Si2/c1-18-23(19-2)15-12-14-17(23)13-10-8-6-7-9-11-16-24(20-3,21-4)22-5/h6-16H2,1-5H3. The monoisotopic (exact) mass is 379 g/mol. The van der Waals surface area contributed by atoms with Gasteiger partial charge in [0.15, 0.2) is 0 Å². The maximum absolute atomic E-state index is 5.75. The summed E-state index contributed by atoms with van der Waals surface area (Å²) in [5, 5.41) is 0. The maximum atomic E-state index is 5.75. The second kappa shape index (κ2) is 11.7. The lowest BCUT2D eigenvalue weighted by molar-refractivity contribution is 0.122. The van der Waals surface area contributed by atoms with Gasteiger partial charge in [0.1, 0.15) is 0 Å². The van der Waals surface area contributed by atoms with Crippen molar-refractivity contribution < 1.29 is 22.1 Å². The Morgan fingerprint density at radius 3 is 1.88 bits per heavy atom. The third kappa shape index (κ3) is 6.17. The Labute approximate surface area is 150 Å². The van der Waals surface area contributed by atoms with Crippen molar-refractivity contribution in [2.24, 2.45) is 0 Å². The van der Waals surface area contributed by atoms with Crippen LogP contribution in [0, 0.1) is 0 Å². The Morgan fingerprint density at radius 2 is 1.33 bits per heavy atom. The van der Waals surface area contributed by atoms with Gasteiger partial charge in [-0.2, -0.15) is 0 Å². The molecule has 6 nitrogen and oxygen atoms in total. The molecular formula is C16H37NO5Si2. The summed E-state index contributed by atoms with van der Waals surface area (Å²) in [6, 6.07) is 2.00. The highest BCUT2D eigenvalue weighted by Crippen LogP contribution is 2.27. The van der Waals surface area contributed by atoms with Crippen molar-refractivity contribution in [1.82, 2.24) is 4.57 Å². The van der Waals surface area contributed by atoms with Crippen molar-refractivity contribution in [3.05, 3.63) is 0 Å². The molecule has 8 heteroatoms. The molecule has 1 aliphatic heterocycles. The lowest BCUT2D eigenvalue weighted by atomic mass is 10.1. The normalized spacial score (nSPS) is 18.4. The molecule has 1 rings (SSSR count). The smallest absolute Gasteiger partial charge is 0.386 e. The first-order valence-corrected chi connectivity index (χ1v) is 13.0. The summed E-state index contributed by atoms with van der Waals surface area (Å²) in [4.78, 5) is 0. The molecule has 144 valence electrons. The van der Waals surface area contributed by atoms with Crippen LogP contribution in [0.15, 0.2) is 0 Å². The van der Waals surface area contributed by atoms with Gasteiger partial charge in [-0.1, -0.05) is 25.7 Å². The zero-order valence-corrected chi connectivity index (χ0v) is 18.3. The van der Waals surface area contributed by atoms with Gasteiger partial charge in [-0.15, -0.1) is 0 Å². The zero-order valence-electron chi connectivity index (χ0n) is 16.3. The van der Waals surface area contributed by atoms with Gasteiger partial charge in [0.2, 0.25) is 0 Å². The van der Waals surface area contributed by atoms with Gasteiger partial charge >= 0.3 is 17.5 Å². The van der Waals surface area contributed by atoms with E-state index in [1.54, 1.807) is 35.5 Å². The molecule has 0 aromatic heterocycles. The predicted octanol–water partition coefficient (Wildman–Crippen LogP) is 3.14. The largest absolute Gasteiger partial charge is 0.500 e. The molecule has 0 saturated carbocycles. The summed E-state index contributed by atoms with van der Waals surface area (Å²) in [7, 11) is 4.26. The molecule has 0 radical (unpaired) electrons. The van der Waals surface area contributed by atoms with Crippen LogP contribution in [0.2, 0.25) is 12.1 Å². The quantitative estimate of drug-likeness (QED) is 0.341. The average Bonchev–Trinajstić information content (AvgIpc) is 3.04. The molecule has 1 aliphatic rings. The van der Waals surface area contributed by atoms with E-state index in [-0.39, 0.29) is 0 Å². The van der Waals surface area contributed by atoms with Crippen LogP contribution in [0.4, 0.5) is 0 Å². The van der Waals surface area contributed by atoms with Crippen LogP contribution in [-0.4, -0.2) is 70.7 Å². The van der Waals surface area contributed by atoms with Crippen molar-refractivity contribution in [3.63, 3.8) is 0 Å². The second-order valence-electron chi connectivity index (χ2n) is 6.38. The van der Waals surface area contributed by atoms with E-state index in [1.165, 1.54) is 38.5 Å². The minimum absolute atomic E-state index is 0.903. The van der Waals surface area contributed by atoms with Gasteiger partial charge in [0.25, 0.3) is 0 Å². The Morgan fingerprint density at radius 1 is 0.792 bits per heavy atom. The molecule has 0 N–H and O–H groups in total. The Balaban J connectivity index is 2.09. The number of hydrogen-bond acceptors (Lipinski definition) is 6. The van der Waals surface area contributed by atoms with E-state index in [0.29, 0.717) is 0 Å².